The van der Waals surface area contributed by atoms with Crippen molar-refractivity contribution in [1.82, 2.24) is 0 Å². The minimum absolute atomic E-state index is 0.969. The average molecular weight is 422 g/mol. The van der Waals surface area contributed by atoms with Gasteiger partial charge in [0.25, 0.3) is 0 Å². The summed E-state index contributed by atoms with van der Waals surface area (Å²) < 4.78 is 2.68. The quantitative estimate of drug-likeness (QED) is 0.477. The van der Waals surface area contributed by atoms with Crippen LogP contribution in [0.1, 0.15) is 0 Å². The SMILES string of the molecule is C1[Se]CC(SCC2CS2)C(SCC2CS2)[Se]1. The molecule has 4 unspecified atom stereocenters. The fraction of sp³-hybridized carbons (Fsp3) is 1.00. The Labute approximate surface area is 128 Å². The van der Waals surface area contributed by atoms with Crippen molar-refractivity contribution >= 4 is 77.0 Å². The summed E-state index contributed by atoms with van der Waals surface area (Å²) in [5, 5.41) is 4.70. The molecule has 3 aliphatic rings. The maximum absolute atomic E-state index is 2.34. The molecule has 0 spiro atoms. The molecular formula is C10H16S4Se2. The Balaban J connectivity index is 1.42. The van der Waals surface area contributed by atoms with Crippen molar-refractivity contribution in [2.24, 2.45) is 0 Å². The molecular weight excluding hydrogens is 406 g/mol. The molecule has 3 rings (SSSR count). The van der Waals surface area contributed by atoms with Crippen LogP contribution in [0.15, 0.2) is 0 Å². The van der Waals surface area contributed by atoms with Crippen LogP contribution in [0.4, 0.5) is 0 Å². The molecule has 3 aliphatic heterocycles. The van der Waals surface area contributed by atoms with Gasteiger partial charge in [0.1, 0.15) is 0 Å². The molecule has 0 amide bonds. The van der Waals surface area contributed by atoms with E-state index in [2.05, 4.69) is 47.0 Å². The van der Waals surface area contributed by atoms with Crippen LogP contribution in [0.3, 0.4) is 0 Å². The first-order valence-electron chi connectivity index (χ1n) is 5.57. The van der Waals surface area contributed by atoms with Crippen LogP contribution in [0.5, 0.6) is 0 Å². The van der Waals surface area contributed by atoms with E-state index in [0.717, 1.165) is 49.8 Å². The van der Waals surface area contributed by atoms with Crippen LogP contribution in [0.2, 0.25) is 9.54 Å². The molecule has 92 valence electrons. The van der Waals surface area contributed by atoms with Gasteiger partial charge in [-0.25, -0.2) is 0 Å². The Bertz CT molecular complexity index is 209. The summed E-state index contributed by atoms with van der Waals surface area (Å²) >= 11 is 11.0. The summed E-state index contributed by atoms with van der Waals surface area (Å²) in [7, 11) is 0. The normalized spacial score (nSPS) is 42.0. The molecule has 3 heterocycles. The van der Waals surface area contributed by atoms with Gasteiger partial charge in [-0.3, -0.25) is 0 Å². The van der Waals surface area contributed by atoms with Gasteiger partial charge in [0.05, 0.1) is 0 Å². The van der Waals surface area contributed by atoms with Crippen molar-refractivity contribution in [2.45, 2.75) is 29.4 Å². The first-order chi connectivity index (χ1) is 7.92. The number of hydrogen-bond donors (Lipinski definition) is 0. The molecule has 0 aromatic carbocycles. The molecule has 0 aromatic rings. The van der Waals surface area contributed by atoms with E-state index in [1.54, 1.807) is 9.54 Å². The third-order valence-electron chi connectivity index (χ3n) is 2.65. The second-order valence-corrected chi connectivity index (χ2v) is 16.3. The fourth-order valence-electron chi connectivity index (χ4n) is 1.51. The van der Waals surface area contributed by atoms with E-state index >= 15 is 0 Å². The predicted octanol–water partition coefficient (Wildman–Crippen LogP) is 2.59. The first-order valence-corrected chi connectivity index (χ1v) is 14.4. The first kappa shape index (κ1) is 13.4. The molecule has 3 fully saturated rings. The van der Waals surface area contributed by atoms with E-state index in [-0.39, 0.29) is 0 Å². The van der Waals surface area contributed by atoms with Crippen LogP contribution in [0.25, 0.3) is 0 Å². The van der Waals surface area contributed by atoms with Crippen LogP contribution in [-0.4, -0.2) is 72.8 Å². The summed E-state index contributed by atoms with van der Waals surface area (Å²) in [6, 6.07) is 0. The zero-order valence-electron chi connectivity index (χ0n) is 9.00. The Morgan fingerprint density at radius 1 is 1.06 bits per heavy atom. The van der Waals surface area contributed by atoms with Crippen LogP contribution in [-0.2, 0) is 0 Å². The minimum atomic E-state index is 0.969. The zero-order chi connectivity index (χ0) is 10.8. The van der Waals surface area contributed by atoms with E-state index in [1.165, 1.54) is 23.0 Å². The van der Waals surface area contributed by atoms with Crippen molar-refractivity contribution in [2.75, 3.05) is 23.0 Å². The van der Waals surface area contributed by atoms with Gasteiger partial charge in [0.2, 0.25) is 0 Å². The summed E-state index contributed by atoms with van der Waals surface area (Å²) in [6.07, 6.45) is 0. The Morgan fingerprint density at radius 2 is 1.75 bits per heavy atom. The third-order valence-corrected chi connectivity index (χ3v) is 16.9. The number of hydrogen-bond acceptors (Lipinski definition) is 4. The second-order valence-electron chi connectivity index (χ2n) is 4.14. The topological polar surface area (TPSA) is 0 Å². The van der Waals surface area contributed by atoms with Gasteiger partial charge >= 0.3 is 129 Å². The Kier molecular flexibility index (Phi) is 5.66. The maximum atomic E-state index is 2.34. The fourth-order valence-corrected chi connectivity index (χ4v) is 17.1. The summed E-state index contributed by atoms with van der Waals surface area (Å²) in [5.41, 5.74) is 0. The molecule has 4 atom stereocenters. The molecule has 0 bridgehead atoms. The van der Waals surface area contributed by atoms with E-state index < -0.39 is 0 Å². The van der Waals surface area contributed by atoms with Crippen LogP contribution >= 0.6 is 47.0 Å². The molecule has 0 aliphatic carbocycles. The van der Waals surface area contributed by atoms with E-state index in [9.17, 15) is 0 Å². The van der Waals surface area contributed by atoms with E-state index in [4.69, 9.17) is 0 Å². The zero-order valence-corrected chi connectivity index (χ0v) is 15.7. The van der Waals surface area contributed by atoms with Crippen molar-refractivity contribution in [1.29, 1.82) is 0 Å². The van der Waals surface area contributed by atoms with E-state index in [0.29, 0.717) is 0 Å². The standard InChI is InChI=1S/C10H16S4Se2/c1-7(11-1)3-13-9-5-15-6-16-10(9)14-4-8-2-12-8/h7-10H,1-6H2. The van der Waals surface area contributed by atoms with Crippen molar-refractivity contribution in [3.8, 4) is 0 Å². The third kappa shape index (κ3) is 4.52. The molecule has 6 heteroatoms. The Morgan fingerprint density at radius 3 is 2.44 bits per heavy atom. The van der Waals surface area contributed by atoms with Gasteiger partial charge < -0.3 is 0 Å². The van der Waals surface area contributed by atoms with Gasteiger partial charge in [-0.15, -0.1) is 0 Å². The molecule has 16 heavy (non-hydrogen) atoms. The molecule has 0 radical (unpaired) electrons. The van der Waals surface area contributed by atoms with Gasteiger partial charge in [0.15, 0.2) is 0 Å². The molecule has 0 saturated carbocycles. The van der Waals surface area contributed by atoms with Gasteiger partial charge in [-0.05, 0) is 0 Å². The number of rotatable bonds is 6. The van der Waals surface area contributed by atoms with Crippen LogP contribution < -0.4 is 0 Å². The van der Waals surface area contributed by atoms with E-state index in [1.807, 2.05) is 0 Å². The molecule has 0 N–H and O–H groups in total. The second kappa shape index (κ2) is 6.74. The summed E-state index contributed by atoms with van der Waals surface area (Å²) in [6.45, 7) is 0. The van der Waals surface area contributed by atoms with Crippen LogP contribution in [0, 0.1) is 0 Å². The number of thioether (sulfide) groups is 4. The Hall–Kier alpha value is 2.44. The van der Waals surface area contributed by atoms with Gasteiger partial charge in [0, 0.05) is 0 Å². The van der Waals surface area contributed by atoms with Crippen molar-refractivity contribution < 1.29 is 0 Å². The predicted molar refractivity (Wildman–Crippen MR) is 86.1 cm³/mol. The van der Waals surface area contributed by atoms with Gasteiger partial charge in [-0.1, -0.05) is 0 Å². The molecule has 0 aromatic heterocycles. The summed E-state index contributed by atoms with van der Waals surface area (Å²) in [5.74, 6) is 5.82. The average Bonchev–Trinajstić information content (AvgIpc) is 3.17. The van der Waals surface area contributed by atoms with Gasteiger partial charge in [-0.2, -0.15) is 0 Å². The van der Waals surface area contributed by atoms with Crippen molar-refractivity contribution in [3.63, 3.8) is 0 Å². The monoisotopic (exact) mass is 424 g/mol. The molecule has 3 saturated heterocycles. The summed E-state index contributed by atoms with van der Waals surface area (Å²) in [4.78, 5) is 0. The molecule has 0 nitrogen and oxygen atoms in total. The van der Waals surface area contributed by atoms with Crippen molar-refractivity contribution in [3.05, 3.63) is 0 Å².